The second kappa shape index (κ2) is 8.01. The minimum absolute atomic E-state index is 0.0129. The van der Waals surface area contributed by atoms with Crippen molar-refractivity contribution in [2.24, 2.45) is 11.8 Å². The van der Waals surface area contributed by atoms with Crippen molar-refractivity contribution in [2.75, 3.05) is 6.61 Å². The van der Waals surface area contributed by atoms with Crippen molar-refractivity contribution in [1.82, 2.24) is 0 Å². The Morgan fingerprint density at radius 2 is 1.28 bits per heavy atom. The molecule has 0 aliphatic heterocycles. The Morgan fingerprint density at radius 1 is 0.828 bits per heavy atom. The quantitative estimate of drug-likeness (QED) is 0.473. The maximum atomic E-state index is 11.3. The Labute approximate surface area is 177 Å². The fraction of sp³-hybridized carbons (Fsp3) is 0.538. The Morgan fingerprint density at radius 3 is 1.66 bits per heavy atom. The van der Waals surface area contributed by atoms with E-state index in [0.29, 0.717) is 11.8 Å². The molecule has 2 aliphatic rings. The van der Waals surface area contributed by atoms with Crippen LogP contribution in [0, 0.1) is 11.8 Å². The van der Waals surface area contributed by atoms with Crippen molar-refractivity contribution in [1.29, 1.82) is 0 Å². The van der Waals surface area contributed by atoms with Gasteiger partial charge in [0.05, 0.1) is 5.60 Å². The highest BCUT2D eigenvalue weighted by molar-refractivity contribution is 6.99. The topological polar surface area (TPSA) is 29.5 Å². The second-order valence-corrected chi connectivity index (χ2v) is 14.5. The third-order valence-corrected chi connectivity index (χ3v) is 12.1. The first-order chi connectivity index (χ1) is 13.9. The van der Waals surface area contributed by atoms with Crippen LogP contribution in [0.5, 0.6) is 0 Å². The van der Waals surface area contributed by atoms with E-state index in [2.05, 4.69) is 81.4 Å². The summed E-state index contributed by atoms with van der Waals surface area (Å²) in [5.74, 6) is 1.09. The third kappa shape index (κ3) is 4.10. The number of rotatable bonds is 9. The molecule has 2 aliphatic carbocycles. The molecule has 1 N–H and O–H groups in total. The summed E-state index contributed by atoms with van der Waals surface area (Å²) in [7, 11) is -2.45. The lowest BCUT2D eigenvalue weighted by Crippen LogP contribution is -2.66. The molecular formula is C26H36O2Si. The minimum Gasteiger partial charge on any atom is -0.407 e. The molecule has 2 nitrogen and oxygen atoms in total. The van der Waals surface area contributed by atoms with Crippen LogP contribution in [0.15, 0.2) is 60.7 Å². The lowest BCUT2D eigenvalue weighted by Gasteiger charge is -2.43. The fourth-order valence-electron chi connectivity index (χ4n) is 5.25. The van der Waals surface area contributed by atoms with Crippen LogP contribution in [0.1, 0.15) is 59.3 Å². The van der Waals surface area contributed by atoms with Crippen LogP contribution in [0.25, 0.3) is 0 Å². The molecule has 3 heteroatoms. The lowest BCUT2D eigenvalue weighted by atomic mass is 9.87. The first-order valence-electron chi connectivity index (χ1n) is 11.4. The van der Waals surface area contributed by atoms with Gasteiger partial charge in [0.15, 0.2) is 0 Å². The minimum atomic E-state index is -2.45. The smallest absolute Gasteiger partial charge is 0.261 e. The van der Waals surface area contributed by atoms with Gasteiger partial charge in [-0.1, -0.05) is 81.4 Å². The van der Waals surface area contributed by atoms with Crippen molar-refractivity contribution in [3.05, 3.63) is 60.7 Å². The Balaban J connectivity index is 1.57. The number of aliphatic hydroxyl groups is 1. The molecule has 0 spiro atoms. The molecule has 0 amide bonds. The van der Waals surface area contributed by atoms with E-state index in [1.807, 2.05) is 0 Å². The number of hydrogen-bond acceptors (Lipinski definition) is 2. The van der Waals surface area contributed by atoms with Crippen molar-refractivity contribution in [3.63, 3.8) is 0 Å². The fourth-order valence-corrected chi connectivity index (χ4v) is 9.86. The van der Waals surface area contributed by atoms with Gasteiger partial charge in [-0.25, -0.2) is 0 Å². The molecule has 0 bridgehead atoms. The lowest BCUT2D eigenvalue weighted by molar-refractivity contribution is -0.0174. The van der Waals surface area contributed by atoms with Gasteiger partial charge in [-0.15, -0.1) is 0 Å². The highest BCUT2D eigenvalue weighted by atomic mass is 28.4. The van der Waals surface area contributed by atoms with Gasteiger partial charge < -0.3 is 9.53 Å². The average Bonchev–Trinajstić information content (AvgIpc) is 3.60. The average molecular weight is 409 g/mol. The Hall–Kier alpha value is -1.42. The van der Waals surface area contributed by atoms with Crippen LogP contribution >= 0.6 is 0 Å². The SMILES string of the molecule is CC(C)(C)[Si](OCCCC(O)(C1CC1)C1CC1)(c1ccccc1)c1ccccc1. The van der Waals surface area contributed by atoms with Gasteiger partial charge in [0.2, 0.25) is 0 Å². The van der Waals surface area contributed by atoms with E-state index in [-0.39, 0.29) is 5.04 Å². The van der Waals surface area contributed by atoms with Crippen molar-refractivity contribution < 1.29 is 9.53 Å². The van der Waals surface area contributed by atoms with E-state index in [9.17, 15) is 5.11 Å². The molecule has 2 aromatic rings. The second-order valence-electron chi connectivity index (χ2n) is 10.2. The molecule has 0 saturated heterocycles. The van der Waals surface area contributed by atoms with Gasteiger partial charge in [-0.05, 0) is 65.8 Å². The van der Waals surface area contributed by atoms with Crippen LogP contribution < -0.4 is 10.4 Å². The standard InChI is InChI=1S/C26H36O2Si/c1-25(2,3)29(23-11-6-4-7-12-23,24-13-8-5-9-14-24)28-20-10-19-26(27,21-15-16-21)22-17-18-22/h4-9,11-14,21-22,27H,10,15-20H2,1-3H3. The predicted octanol–water partition coefficient (Wildman–Crippen LogP) is 4.89. The van der Waals surface area contributed by atoms with Gasteiger partial charge in [0.25, 0.3) is 8.32 Å². The summed E-state index contributed by atoms with van der Waals surface area (Å²) in [6.45, 7) is 7.69. The van der Waals surface area contributed by atoms with E-state index in [1.54, 1.807) is 0 Å². The zero-order chi connectivity index (χ0) is 20.5. The van der Waals surface area contributed by atoms with Gasteiger partial charge in [-0.2, -0.15) is 0 Å². The molecule has 0 atom stereocenters. The normalized spacial score (nSPS) is 18.1. The molecule has 0 aromatic heterocycles. The number of hydrogen-bond donors (Lipinski definition) is 1. The first kappa shape index (κ1) is 20.8. The summed E-state index contributed by atoms with van der Waals surface area (Å²) in [5.41, 5.74) is -0.422. The third-order valence-electron chi connectivity index (χ3n) is 7.03. The summed E-state index contributed by atoms with van der Waals surface area (Å²) in [6, 6.07) is 21.7. The highest BCUT2D eigenvalue weighted by Crippen LogP contribution is 2.54. The van der Waals surface area contributed by atoms with E-state index in [0.717, 1.165) is 19.4 Å². The summed E-state index contributed by atoms with van der Waals surface area (Å²) in [5, 5.41) is 13.9. The van der Waals surface area contributed by atoms with E-state index in [1.165, 1.54) is 36.1 Å². The molecule has 29 heavy (non-hydrogen) atoms. The molecule has 0 unspecified atom stereocenters. The largest absolute Gasteiger partial charge is 0.407 e. The molecule has 2 saturated carbocycles. The van der Waals surface area contributed by atoms with Crippen LogP contribution in [0.2, 0.25) is 5.04 Å². The zero-order valence-electron chi connectivity index (χ0n) is 18.2. The van der Waals surface area contributed by atoms with Crippen LogP contribution in [-0.4, -0.2) is 25.6 Å². The first-order valence-corrected chi connectivity index (χ1v) is 13.3. The summed E-state index contributed by atoms with van der Waals surface area (Å²) in [4.78, 5) is 0. The van der Waals surface area contributed by atoms with Crippen molar-refractivity contribution >= 4 is 18.7 Å². The molecule has 0 heterocycles. The Bertz CT molecular complexity index is 737. The van der Waals surface area contributed by atoms with E-state index >= 15 is 0 Å². The number of benzene rings is 2. The van der Waals surface area contributed by atoms with Crippen LogP contribution in [-0.2, 0) is 4.43 Å². The Kier molecular flexibility index (Phi) is 5.76. The highest BCUT2D eigenvalue weighted by Gasteiger charge is 2.53. The molecule has 2 aromatic carbocycles. The van der Waals surface area contributed by atoms with E-state index < -0.39 is 13.9 Å². The zero-order valence-corrected chi connectivity index (χ0v) is 19.2. The monoisotopic (exact) mass is 408 g/mol. The van der Waals surface area contributed by atoms with Gasteiger partial charge in [-0.3, -0.25) is 0 Å². The van der Waals surface area contributed by atoms with Gasteiger partial charge in [0, 0.05) is 6.61 Å². The molecule has 2 fully saturated rings. The van der Waals surface area contributed by atoms with Gasteiger partial charge in [0.1, 0.15) is 0 Å². The molecular weight excluding hydrogens is 372 g/mol. The van der Waals surface area contributed by atoms with Crippen LogP contribution in [0.4, 0.5) is 0 Å². The maximum Gasteiger partial charge on any atom is 0.261 e. The molecule has 0 radical (unpaired) electrons. The molecule has 156 valence electrons. The summed E-state index contributed by atoms with van der Waals surface area (Å²) < 4.78 is 6.99. The predicted molar refractivity (Wildman–Crippen MR) is 123 cm³/mol. The van der Waals surface area contributed by atoms with Gasteiger partial charge >= 0.3 is 0 Å². The molecule has 4 rings (SSSR count). The summed E-state index contributed by atoms with van der Waals surface area (Å²) in [6.07, 6.45) is 6.67. The van der Waals surface area contributed by atoms with Crippen molar-refractivity contribution in [3.8, 4) is 0 Å². The van der Waals surface area contributed by atoms with Crippen LogP contribution in [0.3, 0.4) is 0 Å². The van der Waals surface area contributed by atoms with Crippen molar-refractivity contribution in [2.45, 2.75) is 69.9 Å². The summed E-state index contributed by atoms with van der Waals surface area (Å²) >= 11 is 0. The maximum absolute atomic E-state index is 11.3. The van der Waals surface area contributed by atoms with E-state index in [4.69, 9.17) is 4.43 Å².